The van der Waals surface area contributed by atoms with Crippen LogP contribution in [0.3, 0.4) is 0 Å². The molecule has 1 atom stereocenters. The molecule has 0 fully saturated rings. The van der Waals surface area contributed by atoms with Crippen LogP contribution in [0.15, 0.2) is 18.2 Å². The molecule has 1 aromatic carbocycles. The van der Waals surface area contributed by atoms with E-state index in [1.54, 1.807) is 0 Å². The van der Waals surface area contributed by atoms with Gasteiger partial charge in [0, 0.05) is 25.2 Å². The van der Waals surface area contributed by atoms with E-state index >= 15 is 0 Å². The standard InChI is InChI=1S/C15H24N2O2/c1-15(18,11-16(2)3)13-5-6-14-12(9-13)10-17(4)7-8-19-14/h5-6,9,18H,7-8,10-11H2,1-4H3. The summed E-state index contributed by atoms with van der Waals surface area (Å²) in [6.45, 7) is 4.97. The highest BCUT2D eigenvalue weighted by molar-refractivity contribution is 5.40. The third-order valence-corrected chi connectivity index (χ3v) is 3.48. The molecule has 19 heavy (non-hydrogen) atoms. The molecule has 0 bridgehead atoms. The van der Waals surface area contributed by atoms with Gasteiger partial charge in [0.15, 0.2) is 0 Å². The Bertz CT molecular complexity index is 444. The zero-order chi connectivity index (χ0) is 14.0. The molecule has 0 aromatic heterocycles. The highest BCUT2D eigenvalue weighted by atomic mass is 16.5. The molecule has 0 saturated heterocycles. The van der Waals surface area contributed by atoms with E-state index in [0.717, 1.165) is 36.6 Å². The number of ether oxygens (including phenoxy) is 1. The Labute approximate surface area is 115 Å². The predicted octanol–water partition coefficient (Wildman–Crippen LogP) is 1.28. The summed E-state index contributed by atoms with van der Waals surface area (Å²) in [5.41, 5.74) is 1.25. The van der Waals surface area contributed by atoms with Crippen LogP contribution < -0.4 is 4.74 Å². The lowest BCUT2D eigenvalue weighted by atomic mass is 9.93. The van der Waals surface area contributed by atoms with Crippen LogP contribution in [0.4, 0.5) is 0 Å². The van der Waals surface area contributed by atoms with E-state index < -0.39 is 5.60 Å². The van der Waals surface area contributed by atoms with Crippen LogP contribution in [-0.2, 0) is 12.1 Å². The number of aliphatic hydroxyl groups is 1. The lowest BCUT2D eigenvalue weighted by Gasteiger charge is -2.28. The number of likely N-dealkylation sites (N-methyl/N-ethyl adjacent to an activating group) is 2. The Morgan fingerprint density at radius 1 is 1.42 bits per heavy atom. The molecule has 1 heterocycles. The fraction of sp³-hybridized carbons (Fsp3) is 0.600. The van der Waals surface area contributed by atoms with Crippen LogP contribution >= 0.6 is 0 Å². The molecule has 106 valence electrons. The number of benzene rings is 1. The van der Waals surface area contributed by atoms with Crippen molar-refractivity contribution in [3.8, 4) is 5.75 Å². The van der Waals surface area contributed by atoms with Crippen molar-refractivity contribution in [1.82, 2.24) is 9.80 Å². The minimum Gasteiger partial charge on any atom is -0.492 e. The molecule has 1 N–H and O–H groups in total. The molecule has 2 rings (SSSR count). The van der Waals surface area contributed by atoms with Crippen LogP contribution in [0, 0.1) is 0 Å². The van der Waals surface area contributed by atoms with Gasteiger partial charge in [-0.3, -0.25) is 4.90 Å². The first-order valence-electron chi connectivity index (χ1n) is 6.70. The maximum Gasteiger partial charge on any atom is 0.123 e. The maximum atomic E-state index is 10.6. The summed E-state index contributed by atoms with van der Waals surface area (Å²) in [6.07, 6.45) is 0. The monoisotopic (exact) mass is 264 g/mol. The Hall–Kier alpha value is -1.10. The van der Waals surface area contributed by atoms with Crippen molar-refractivity contribution in [2.24, 2.45) is 0 Å². The smallest absolute Gasteiger partial charge is 0.123 e. The van der Waals surface area contributed by atoms with Crippen molar-refractivity contribution < 1.29 is 9.84 Å². The van der Waals surface area contributed by atoms with E-state index in [-0.39, 0.29) is 0 Å². The van der Waals surface area contributed by atoms with Gasteiger partial charge in [0.1, 0.15) is 12.4 Å². The van der Waals surface area contributed by atoms with Crippen LogP contribution in [-0.4, -0.2) is 55.7 Å². The van der Waals surface area contributed by atoms with Gasteiger partial charge in [-0.05, 0) is 45.8 Å². The van der Waals surface area contributed by atoms with Crippen LogP contribution in [0.2, 0.25) is 0 Å². The van der Waals surface area contributed by atoms with Gasteiger partial charge in [0.05, 0.1) is 5.60 Å². The third kappa shape index (κ3) is 3.47. The number of rotatable bonds is 3. The first-order chi connectivity index (χ1) is 8.88. The molecule has 4 nitrogen and oxygen atoms in total. The molecule has 0 radical (unpaired) electrons. The number of fused-ring (bicyclic) bond motifs is 1. The molecular formula is C15H24N2O2. The minimum absolute atomic E-state index is 0.600. The average Bonchev–Trinajstić information content (AvgIpc) is 2.46. The Balaban J connectivity index is 2.29. The largest absolute Gasteiger partial charge is 0.492 e. The summed E-state index contributed by atoms with van der Waals surface area (Å²) in [5, 5.41) is 10.6. The van der Waals surface area contributed by atoms with E-state index in [1.165, 1.54) is 0 Å². The van der Waals surface area contributed by atoms with Crippen molar-refractivity contribution in [3.63, 3.8) is 0 Å². The fourth-order valence-electron chi connectivity index (χ4n) is 2.57. The van der Waals surface area contributed by atoms with E-state index in [9.17, 15) is 5.11 Å². The molecule has 1 unspecified atom stereocenters. The van der Waals surface area contributed by atoms with Gasteiger partial charge in [0.25, 0.3) is 0 Å². The molecule has 4 heteroatoms. The quantitative estimate of drug-likeness (QED) is 0.892. The summed E-state index contributed by atoms with van der Waals surface area (Å²) in [7, 11) is 6.02. The summed E-state index contributed by atoms with van der Waals surface area (Å²) >= 11 is 0. The molecule has 0 saturated carbocycles. The molecule has 1 aliphatic rings. The van der Waals surface area contributed by atoms with Crippen molar-refractivity contribution in [1.29, 1.82) is 0 Å². The number of nitrogens with zero attached hydrogens (tertiary/aromatic N) is 2. The Morgan fingerprint density at radius 2 is 2.16 bits per heavy atom. The first-order valence-corrected chi connectivity index (χ1v) is 6.70. The van der Waals surface area contributed by atoms with Crippen molar-refractivity contribution in [3.05, 3.63) is 29.3 Å². The molecule has 0 amide bonds. The van der Waals surface area contributed by atoms with Gasteiger partial charge in [-0.15, -0.1) is 0 Å². The second-order valence-electron chi connectivity index (χ2n) is 5.92. The topological polar surface area (TPSA) is 35.9 Å². The van der Waals surface area contributed by atoms with Crippen LogP contribution in [0.25, 0.3) is 0 Å². The molecule has 1 aromatic rings. The summed E-state index contributed by atoms with van der Waals surface area (Å²) in [6, 6.07) is 6.02. The van der Waals surface area contributed by atoms with E-state index in [1.807, 2.05) is 38.1 Å². The molecule has 1 aliphatic heterocycles. The van der Waals surface area contributed by atoms with Crippen molar-refractivity contribution in [2.75, 3.05) is 40.8 Å². The first kappa shape index (κ1) is 14.3. The fourth-order valence-corrected chi connectivity index (χ4v) is 2.57. The van der Waals surface area contributed by atoms with Gasteiger partial charge in [0.2, 0.25) is 0 Å². The lowest BCUT2D eigenvalue weighted by molar-refractivity contribution is 0.0299. The SMILES string of the molecule is CN(C)CC(C)(O)c1ccc2c(c1)CN(C)CCO2. The molecular weight excluding hydrogens is 240 g/mol. The zero-order valence-electron chi connectivity index (χ0n) is 12.3. The number of hydrogen-bond acceptors (Lipinski definition) is 4. The third-order valence-electron chi connectivity index (χ3n) is 3.48. The zero-order valence-corrected chi connectivity index (χ0v) is 12.3. The second-order valence-corrected chi connectivity index (χ2v) is 5.92. The van der Waals surface area contributed by atoms with Gasteiger partial charge in [-0.2, -0.15) is 0 Å². The predicted molar refractivity (Wildman–Crippen MR) is 76.4 cm³/mol. The highest BCUT2D eigenvalue weighted by Crippen LogP contribution is 2.29. The lowest BCUT2D eigenvalue weighted by Crippen LogP contribution is -2.34. The summed E-state index contributed by atoms with van der Waals surface area (Å²) < 4.78 is 5.73. The van der Waals surface area contributed by atoms with E-state index in [2.05, 4.69) is 18.0 Å². The summed E-state index contributed by atoms with van der Waals surface area (Å²) in [4.78, 5) is 4.23. The Kier molecular flexibility index (Phi) is 4.13. The van der Waals surface area contributed by atoms with Gasteiger partial charge in [-0.1, -0.05) is 6.07 Å². The molecule has 0 aliphatic carbocycles. The van der Waals surface area contributed by atoms with Gasteiger partial charge in [-0.25, -0.2) is 0 Å². The van der Waals surface area contributed by atoms with E-state index in [0.29, 0.717) is 6.54 Å². The average molecular weight is 264 g/mol. The van der Waals surface area contributed by atoms with Crippen LogP contribution in [0.1, 0.15) is 18.1 Å². The normalized spacial score (nSPS) is 19.5. The van der Waals surface area contributed by atoms with Crippen molar-refractivity contribution >= 4 is 0 Å². The minimum atomic E-state index is -0.844. The number of hydrogen-bond donors (Lipinski definition) is 1. The second kappa shape index (κ2) is 5.49. The van der Waals surface area contributed by atoms with Gasteiger partial charge < -0.3 is 14.7 Å². The van der Waals surface area contributed by atoms with Crippen molar-refractivity contribution in [2.45, 2.75) is 19.1 Å². The summed E-state index contributed by atoms with van der Waals surface area (Å²) in [5.74, 6) is 0.939. The Morgan fingerprint density at radius 3 is 2.84 bits per heavy atom. The van der Waals surface area contributed by atoms with Crippen LogP contribution in [0.5, 0.6) is 5.75 Å². The highest BCUT2D eigenvalue weighted by Gasteiger charge is 2.25. The van der Waals surface area contributed by atoms with E-state index in [4.69, 9.17) is 4.74 Å². The maximum absolute atomic E-state index is 10.6. The molecule has 0 spiro atoms. The van der Waals surface area contributed by atoms with Gasteiger partial charge >= 0.3 is 0 Å².